The molecule has 1 aromatic rings. The van der Waals surface area contributed by atoms with Gasteiger partial charge < -0.3 is 9.84 Å². The Morgan fingerprint density at radius 2 is 2.28 bits per heavy atom. The number of nitrogens with zero attached hydrogens (tertiary/aromatic N) is 1. The minimum Gasteiger partial charge on any atom is -0.390 e. The van der Waals surface area contributed by atoms with Crippen LogP contribution in [-0.2, 0) is 14.8 Å². The van der Waals surface area contributed by atoms with E-state index in [9.17, 15) is 13.5 Å². The summed E-state index contributed by atoms with van der Waals surface area (Å²) in [5.74, 6) is 0. The monoisotopic (exact) mass is 289 g/mol. The number of thiophene rings is 1. The molecular formula is C11H15NO4S2. The summed E-state index contributed by atoms with van der Waals surface area (Å²) in [4.78, 5) is 0. The molecule has 0 bridgehead atoms. The van der Waals surface area contributed by atoms with Gasteiger partial charge in [0.1, 0.15) is 4.21 Å². The van der Waals surface area contributed by atoms with Gasteiger partial charge in [0.05, 0.1) is 12.3 Å². The molecular weight excluding hydrogens is 274 g/mol. The van der Waals surface area contributed by atoms with Crippen LogP contribution in [-0.4, -0.2) is 44.7 Å². The Hall–Kier alpha value is -0.890. The molecule has 1 aliphatic heterocycles. The van der Waals surface area contributed by atoms with Crippen molar-refractivity contribution in [3.8, 4) is 0 Å². The smallest absolute Gasteiger partial charge is 0.274 e. The standard InChI is InChI=1S/C11H15NO4S2/c1-16-5-2-4-12-10(8-13)7-9-3-6-17-11(9)18(12,14)15/h3,6-7,13H,2,4-5,8H2,1H3. The minimum atomic E-state index is -3.51. The Bertz CT molecular complexity index is 547. The second kappa shape index (κ2) is 5.40. The van der Waals surface area contributed by atoms with Crippen LogP contribution in [0.25, 0.3) is 6.08 Å². The van der Waals surface area contributed by atoms with Crippen LogP contribution in [0.5, 0.6) is 0 Å². The highest BCUT2D eigenvalue weighted by Gasteiger charge is 2.32. The number of rotatable bonds is 5. The van der Waals surface area contributed by atoms with E-state index in [1.165, 1.54) is 15.6 Å². The Kier molecular flexibility index (Phi) is 4.06. The van der Waals surface area contributed by atoms with E-state index in [4.69, 9.17) is 4.74 Å². The largest absolute Gasteiger partial charge is 0.390 e. The summed E-state index contributed by atoms with van der Waals surface area (Å²) < 4.78 is 31.3. The lowest BCUT2D eigenvalue weighted by Crippen LogP contribution is -2.35. The molecule has 7 heteroatoms. The zero-order chi connectivity index (χ0) is 13.2. The summed E-state index contributed by atoms with van der Waals surface area (Å²) in [7, 11) is -1.94. The average molecular weight is 289 g/mol. The fourth-order valence-corrected chi connectivity index (χ4v) is 4.81. The predicted molar refractivity (Wildman–Crippen MR) is 69.8 cm³/mol. The van der Waals surface area contributed by atoms with E-state index in [0.717, 1.165) is 0 Å². The van der Waals surface area contributed by atoms with Gasteiger partial charge in [0.15, 0.2) is 0 Å². The second-order valence-corrected chi connectivity index (χ2v) is 6.85. The van der Waals surface area contributed by atoms with Crippen LogP contribution in [0.4, 0.5) is 0 Å². The highest BCUT2D eigenvalue weighted by molar-refractivity contribution is 7.91. The first kappa shape index (κ1) is 13.5. The zero-order valence-corrected chi connectivity index (χ0v) is 11.6. The van der Waals surface area contributed by atoms with Crippen molar-refractivity contribution in [2.24, 2.45) is 0 Å². The van der Waals surface area contributed by atoms with Crippen molar-refractivity contribution in [2.75, 3.05) is 26.9 Å². The first-order valence-electron chi connectivity index (χ1n) is 5.52. The highest BCUT2D eigenvalue weighted by Crippen LogP contribution is 2.34. The van der Waals surface area contributed by atoms with Gasteiger partial charge >= 0.3 is 0 Å². The van der Waals surface area contributed by atoms with Crippen LogP contribution in [0.1, 0.15) is 12.0 Å². The summed E-state index contributed by atoms with van der Waals surface area (Å²) in [6.45, 7) is 0.517. The number of fused-ring (bicyclic) bond motifs is 1. The van der Waals surface area contributed by atoms with Crippen molar-refractivity contribution in [2.45, 2.75) is 10.6 Å². The number of hydrogen-bond donors (Lipinski definition) is 1. The molecule has 100 valence electrons. The molecule has 18 heavy (non-hydrogen) atoms. The van der Waals surface area contributed by atoms with Crippen molar-refractivity contribution < 1.29 is 18.3 Å². The summed E-state index contributed by atoms with van der Waals surface area (Å²) in [5, 5.41) is 11.1. The van der Waals surface area contributed by atoms with E-state index >= 15 is 0 Å². The van der Waals surface area contributed by atoms with Gasteiger partial charge in [-0.05, 0) is 23.9 Å². The molecule has 0 saturated heterocycles. The summed E-state index contributed by atoms with van der Waals surface area (Å²) in [6, 6.07) is 1.75. The first-order valence-corrected chi connectivity index (χ1v) is 7.84. The summed E-state index contributed by atoms with van der Waals surface area (Å²) in [6.07, 6.45) is 2.31. The molecule has 0 amide bonds. The zero-order valence-electron chi connectivity index (χ0n) is 10.00. The van der Waals surface area contributed by atoms with Gasteiger partial charge in [0.2, 0.25) is 0 Å². The normalized spacial score (nSPS) is 17.4. The summed E-state index contributed by atoms with van der Waals surface area (Å²) in [5.41, 5.74) is 1.07. The number of ether oxygens (including phenoxy) is 1. The van der Waals surface area contributed by atoms with E-state index < -0.39 is 10.0 Å². The molecule has 0 aromatic carbocycles. The van der Waals surface area contributed by atoms with E-state index in [1.54, 1.807) is 24.6 Å². The number of sulfonamides is 1. The molecule has 0 fully saturated rings. The lowest BCUT2D eigenvalue weighted by atomic mass is 10.2. The van der Waals surface area contributed by atoms with Gasteiger partial charge in [-0.1, -0.05) is 0 Å². The molecule has 5 nitrogen and oxygen atoms in total. The third-order valence-electron chi connectivity index (χ3n) is 2.70. The molecule has 1 aliphatic rings. The molecule has 2 rings (SSSR count). The average Bonchev–Trinajstić information content (AvgIpc) is 2.81. The topological polar surface area (TPSA) is 66.8 Å². The van der Waals surface area contributed by atoms with Crippen LogP contribution < -0.4 is 0 Å². The molecule has 1 N–H and O–H groups in total. The predicted octanol–water partition coefficient (Wildman–Crippen LogP) is 1.12. The summed E-state index contributed by atoms with van der Waals surface area (Å²) >= 11 is 1.20. The van der Waals surface area contributed by atoms with Gasteiger partial charge in [-0.3, -0.25) is 4.31 Å². The van der Waals surface area contributed by atoms with Gasteiger partial charge in [-0.2, -0.15) is 0 Å². The SMILES string of the molecule is COCCCN1C(CO)=Cc2ccsc2S1(=O)=O. The van der Waals surface area contributed by atoms with Gasteiger partial charge in [0.25, 0.3) is 10.0 Å². The van der Waals surface area contributed by atoms with E-state index in [-0.39, 0.29) is 6.61 Å². The van der Waals surface area contributed by atoms with Crippen LogP contribution in [0, 0.1) is 0 Å². The molecule has 0 spiro atoms. The lowest BCUT2D eigenvalue weighted by molar-refractivity contribution is 0.188. The fourth-order valence-electron chi connectivity index (χ4n) is 1.87. The van der Waals surface area contributed by atoms with Crippen LogP contribution in [0.15, 0.2) is 21.4 Å². The van der Waals surface area contributed by atoms with Crippen molar-refractivity contribution in [3.05, 3.63) is 22.7 Å². The Balaban J connectivity index is 2.34. The molecule has 0 radical (unpaired) electrons. The Morgan fingerprint density at radius 3 is 2.94 bits per heavy atom. The molecule has 0 unspecified atom stereocenters. The molecule has 0 atom stereocenters. The van der Waals surface area contributed by atoms with E-state index in [2.05, 4.69) is 0 Å². The quantitative estimate of drug-likeness (QED) is 0.825. The van der Waals surface area contributed by atoms with Gasteiger partial charge in [-0.25, -0.2) is 8.42 Å². The fraction of sp³-hybridized carbons (Fsp3) is 0.455. The molecule has 0 saturated carbocycles. The second-order valence-electron chi connectivity index (χ2n) is 3.88. The minimum absolute atomic E-state index is 0.290. The third kappa shape index (κ3) is 2.31. The first-order chi connectivity index (χ1) is 8.61. The highest BCUT2D eigenvalue weighted by atomic mass is 32.2. The van der Waals surface area contributed by atoms with Crippen molar-refractivity contribution >= 4 is 27.4 Å². The van der Waals surface area contributed by atoms with Crippen molar-refractivity contribution in [1.82, 2.24) is 4.31 Å². The van der Waals surface area contributed by atoms with Crippen LogP contribution >= 0.6 is 11.3 Å². The number of aliphatic hydroxyl groups is 1. The Labute approximate surface area is 110 Å². The number of methoxy groups -OCH3 is 1. The molecule has 2 heterocycles. The van der Waals surface area contributed by atoms with Crippen LogP contribution in [0.3, 0.4) is 0 Å². The maximum Gasteiger partial charge on any atom is 0.274 e. The van der Waals surface area contributed by atoms with Crippen LogP contribution in [0.2, 0.25) is 0 Å². The maximum atomic E-state index is 12.4. The maximum absolute atomic E-state index is 12.4. The van der Waals surface area contributed by atoms with Gasteiger partial charge in [0, 0.05) is 25.8 Å². The van der Waals surface area contributed by atoms with Crippen molar-refractivity contribution in [3.63, 3.8) is 0 Å². The van der Waals surface area contributed by atoms with E-state index in [1.807, 2.05) is 0 Å². The lowest BCUT2D eigenvalue weighted by Gasteiger charge is -2.28. The number of hydrogen-bond acceptors (Lipinski definition) is 5. The third-order valence-corrected chi connectivity index (χ3v) is 6.04. The van der Waals surface area contributed by atoms with Gasteiger partial charge in [-0.15, -0.1) is 11.3 Å². The molecule has 1 aromatic heterocycles. The Morgan fingerprint density at radius 1 is 1.50 bits per heavy atom. The molecule has 0 aliphatic carbocycles. The van der Waals surface area contributed by atoms with E-state index in [0.29, 0.717) is 35.0 Å². The number of aliphatic hydroxyl groups excluding tert-OH is 1. The van der Waals surface area contributed by atoms with Crippen molar-refractivity contribution in [1.29, 1.82) is 0 Å².